The Labute approximate surface area is 106 Å². The second-order valence-corrected chi connectivity index (χ2v) is 5.16. The van der Waals surface area contributed by atoms with Gasteiger partial charge in [0, 0.05) is 4.88 Å². The average molecular weight is 270 g/mol. The summed E-state index contributed by atoms with van der Waals surface area (Å²) in [7, 11) is 0. The van der Waals surface area contributed by atoms with E-state index in [1.807, 2.05) is 13.8 Å². The Morgan fingerprint density at radius 3 is 2.33 bits per heavy atom. The minimum absolute atomic E-state index is 0.315. The first-order valence-corrected chi connectivity index (χ1v) is 5.98. The van der Waals surface area contributed by atoms with Crippen molar-refractivity contribution in [2.75, 3.05) is 0 Å². The van der Waals surface area contributed by atoms with E-state index in [4.69, 9.17) is 0 Å². The van der Waals surface area contributed by atoms with Crippen LogP contribution in [-0.4, -0.2) is 5.78 Å². The van der Waals surface area contributed by atoms with Crippen molar-refractivity contribution >= 4 is 17.1 Å². The summed E-state index contributed by atoms with van der Waals surface area (Å²) in [5.41, 5.74) is 0.460. The lowest BCUT2D eigenvalue weighted by atomic mass is 10.1. The summed E-state index contributed by atoms with van der Waals surface area (Å²) in [5, 5.41) is 0. The number of thiophene rings is 1. The van der Waals surface area contributed by atoms with Crippen molar-refractivity contribution in [1.29, 1.82) is 0 Å². The Morgan fingerprint density at radius 2 is 1.78 bits per heavy atom. The lowest BCUT2D eigenvalue weighted by Gasteiger charge is -2.02. The van der Waals surface area contributed by atoms with E-state index in [-0.39, 0.29) is 0 Å². The van der Waals surface area contributed by atoms with Gasteiger partial charge in [-0.3, -0.25) is 4.79 Å². The number of rotatable bonds is 2. The highest BCUT2D eigenvalue weighted by Crippen LogP contribution is 2.25. The second kappa shape index (κ2) is 4.57. The lowest BCUT2D eigenvalue weighted by molar-refractivity contribution is 0.103. The van der Waals surface area contributed by atoms with Gasteiger partial charge in [-0.05, 0) is 37.6 Å². The van der Waals surface area contributed by atoms with Gasteiger partial charge in [0.25, 0.3) is 0 Å². The number of halogens is 3. The molecule has 0 atom stereocenters. The zero-order valence-electron chi connectivity index (χ0n) is 9.68. The van der Waals surface area contributed by atoms with Crippen LogP contribution in [0.2, 0.25) is 0 Å². The summed E-state index contributed by atoms with van der Waals surface area (Å²) in [6, 6.07) is 3.32. The van der Waals surface area contributed by atoms with E-state index < -0.39 is 28.8 Å². The van der Waals surface area contributed by atoms with Crippen molar-refractivity contribution in [3.8, 4) is 0 Å². The molecule has 2 rings (SSSR count). The first-order valence-electron chi connectivity index (χ1n) is 5.17. The van der Waals surface area contributed by atoms with Crippen molar-refractivity contribution in [2.45, 2.75) is 13.8 Å². The fourth-order valence-corrected chi connectivity index (χ4v) is 2.51. The largest absolute Gasteiger partial charge is 0.288 e. The van der Waals surface area contributed by atoms with Crippen LogP contribution in [0.5, 0.6) is 0 Å². The maximum absolute atomic E-state index is 13.5. The van der Waals surface area contributed by atoms with Gasteiger partial charge < -0.3 is 0 Å². The molecule has 1 heterocycles. The van der Waals surface area contributed by atoms with E-state index in [1.54, 1.807) is 6.07 Å². The van der Waals surface area contributed by atoms with Crippen LogP contribution in [0, 0.1) is 31.3 Å². The Hall–Kier alpha value is -1.62. The first kappa shape index (κ1) is 12.8. The molecule has 0 unspecified atom stereocenters. The molecule has 0 spiro atoms. The van der Waals surface area contributed by atoms with Crippen LogP contribution >= 0.6 is 11.3 Å². The van der Waals surface area contributed by atoms with Gasteiger partial charge >= 0.3 is 0 Å². The summed E-state index contributed by atoms with van der Waals surface area (Å²) >= 11 is 1.20. The third kappa shape index (κ3) is 2.06. The van der Waals surface area contributed by atoms with Crippen LogP contribution < -0.4 is 0 Å². The quantitative estimate of drug-likeness (QED) is 0.595. The standard InChI is InChI=1S/C13H9F3OS/c1-6-5-10(18-7(6)2)13(17)8-3-4-9(14)12(16)11(8)15/h3-5H,1-2H3. The van der Waals surface area contributed by atoms with Crippen LogP contribution in [0.4, 0.5) is 13.2 Å². The maximum Gasteiger partial charge on any atom is 0.206 e. The molecular formula is C13H9F3OS. The van der Waals surface area contributed by atoms with Gasteiger partial charge in [0.1, 0.15) is 0 Å². The fourth-order valence-electron chi connectivity index (χ4n) is 1.52. The Morgan fingerprint density at radius 1 is 1.11 bits per heavy atom. The topological polar surface area (TPSA) is 17.1 Å². The number of ketones is 1. The number of benzene rings is 1. The third-order valence-electron chi connectivity index (χ3n) is 2.67. The number of aryl methyl sites for hydroxylation is 2. The number of hydrogen-bond donors (Lipinski definition) is 0. The minimum atomic E-state index is -1.62. The van der Waals surface area contributed by atoms with Crippen LogP contribution in [0.3, 0.4) is 0 Å². The molecule has 18 heavy (non-hydrogen) atoms. The number of carbonyl (C=O) groups excluding carboxylic acids is 1. The Balaban J connectivity index is 2.50. The van der Waals surface area contributed by atoms with Crippen LogP contribution in [0.1, 0.15) is 25.7 Å². The van der Waals surface area contributed by atoms with Crippen LogP contribution in [0.15, 0.2) is 18.2 Å². The Kier molecular flexibility index (Phi) is 3.26. The molecular weight excluding hydrogens is 261 g/mol. The molecule has 0 aliphatic rings. The lowest BCUT2D eigenvalue weighted by Crippen LogP contribution is -2.05. The van der Waals surface area contributed by atoms with Crippen molar-refractivity contribution in [3.63, 3.8) is 0 Å². The van der Waals surface area contributed by atoms with E-state index >= 15 is 0 Å². The van der Waals surface area contributed by atoms with Gasteiger partial charge in [-0.25, -0.2) is 13.2 Å². The average Bonchev–Trinajstić information content (AvgIpc) is 2.66. The van der Waals surface area contributed by atoms with Crippen molar-refractivity contribution < 1.29 is 18.0 Å². The monoisotopic (exact) mass is 270 g/mol. The molecule has 0 saturated carbocycles. The summed E-state index contributed by atoms with van der Waals surface area (Å²) in [6.07, 6.45) is 0. The molecule has 2 aromatic rings. The highest BCUT2D eigenvalue weighted by atomic mass is 32.1. The normalized spacial score (nSPS) is 10.7. The summed E-state index contributed by atoms with van der Waals surface area (Å²) in [4.78, 5) is 13.2. The van der Waals surface area contributed by atoms with Gasteiger partial charge in [0.05, 0.1) is 10.4 Å². The molecule has 0 amide bonds. The summed E-state index contributed by atoms with van der Waals surface area (Å²) in [5.74, 6) is -5.00. The first-order chi connectivity index (χ1) is 8.41. The number of hydrogen-bond acceptors (Lipinski definition) is 2. The van der Waals surface area contributed by atoms with Gasteiger partial charge in [-0.1, -0.05) is 0 Å². The van der Waals surface area contributed by atoms with Crippen LogP contribution in [-0.2, 0) is 0 Å². The maximum atomic E-state index is 13.5. The van der Waals surface area contributed by atoms with E-state index in [2.05, 4.69) is 0 Å². The Bertz CT molecular complexity index is 612. The predicted octanol–water partition coefficient (Wildman–Crippen LogP) is 4.01. The van der Waals surface area contributed by atoms with E-state index in [0.717, 1.165) is 22.6 Å². The molecule has 0 radical (unpaired) electrons. The summed E-state index contributed by atoms with van der Waals surface area (Å²) in [6.45, 7) is 3.66. The zero-order valence-corrected chi connectivity index (χ0v) is 10.5. The molecule has 0 aliphatic carbocycles. The predicted molar refractivity (Wildman–Crippen MR) is 63.5 cm³/mol. The van der Waals surface area contributed by atoms with Gasteiger partial charge in [0.2, 0.25) is 5.78 Å². The smallest absolute Gasteiger partial charge is 0.206 e. The summed E-state index contributed by atoms with van der Waals surface area (Å²) < 4.78 is 39.3. The second-order valence-electron chi connectivity index (χ2n) is 3.90. The minimum Gasteiger partial charge on any atom is -0.288 e. The number of carbonyl (C=O) groups is 1. The van der Waals surface area contributed by atoms with E-state index in [0.29, 0.717) is 4.88 Å². The SMILES string of the molecule is Cc1cc(C(=O)c2ccc(F)c(F)c2F)sc1C. The van der Waals surface area contributed by atoms with E-state index in [1.165, 1.54) is 11.3 Å². The molecule has 94 valence electrons. The van der Waals surface area contributed by atoms with Crippen molar-refractivity contribution in [3.05, 3.63) is 56.5 Å². The molecule has 0 N–H and O–H groups in total. The molecule has 0 aliphatic heterocycles. The van der Waals surface area contributed by atoms with Gasteiger partial charge in [-0.2, -0.15) is 0 Å². The zero-order chi connectivity index (χ0) is 13.4. The van der Waals surface area contributed by atoms with Gasteiger partial charge in [0.15, 0.2) is 17.5 Å². The highest BCUT2D eigenvalue weighted by Gasteiger charge is 2.21. The molecule has 1 nitrogen and oxygen atoms in total. The third-order valence-corrected chi connectivity index (χ3v) is 3.82. The molecule has 5 heteroatoms. The van der Waals surface area contributed by atoms with Crippen molar-refractivity contribution in [1.82, 2.24) is 0 Å². The molecule has 0 fully saturated rings. The van der Waals surface area contributed by atoms with E-state index in [9.17, 15) is 18.0 Å². The molecule has 0 saturated heterocycles. The van der Waals surface area contributed by atoms with Crippen molar-refractivity contribution in [2.24, 2.45) is 0 Å². The van der Waals surface area contributed by atoms with Crippen LogP contribution in [0.25, 0.3) is 0 Å². The molecule has 1 aromatic heterocycles. The van der Waals surface area contributed by atoms with Gasteiger partial charge in [-0.15, -0.1) is 11.3 Å². The molecule has 0 bridgehead atoms. The molecule has 1 aromatic carbocycles. The highest BCUT2D eigenvalue weighted by molar-refractivity contribution is 7.14. The fraction of sp³-hybridized carbons (Fsp3) is 0.154.